The van der Waals surface area contributed by atoms with Crippen molar-refractivity contribution in [2.45, 2.75) is 19.9 Å². The third-order valence-electron chi connectivity index (χ3n) is 2.51. The lowest BCUT2D eigenvalue weighted by Crippen LogP contribution is -2.36. The van der Waals surface area contributed by atoms with Crippen LogP contribution in [0.2, 0.25) is 5.02 Å². The number of rotatable bonds is 7. The Morgan fingerprint density at radius 1 is 1.58 bits per heavy atom. The minimum atomic E-state index is -1.06. The molecule has 0 atom stereocenters. The monoisotopic (exact) mass is 284 g/mol. The van der Waals surface area contributed by atoms with Crippen LogP contribution in [-0.2, 0) is 11.3 Å². The number of carboxylic acids is 1. The van der Waals surface area contributed by atoms with E-state index in [4.69, 9.17) is 16.7 Å². The molecule has 1 rings (SSSR count). The molecule has 0 aliphatic heterocycles. The molecule has 0 radical (unpaired) electrons. The fourth-order valence-electron chi connectivity index (χ4n) is 1.78. The highest BCUT2D eigenvalue weighted by atomic mass is 35.5. The summed E-state index contributed by atoms with van der Waals surface area (Å²) in [6.45, 7) is 5.99. The van der Waals surface area contributed by atoms with Crippen molar-refractivity contribution in [3.05, 3.63) is 35.6 Å². The van der Waals surface area contributed by atoms with Gasteiger partial charge in [0.15, 0.2) is 0 Å². The highest BCUT2D eigenvalue weighted by Gasteiger charge is 2.21. The number of carbonyl (C=O) groups excluding carboxylic acids is 1. The van der Waals surface area contributed by atoms with Gasteiger partial charge in [0.2, 0.25) is 0 Å². The molecule has 1 aromatic heterocycles. The quantitative estimate of drug-likeness (QED) is 0.781. The predicted molar refractivity (Wildman–Crippen MR) is 73.5 cm³/mol. The number of carbonyl (C=O) groups is 2. The lowest BCUT2D eigenvalue weighted by Gasteiger charge is -2.19. The van der Waals surface area contributed by atoms with Crippen LogP contribution in [0.15, 0.2) is 24.9 Å². The molecule has 104 valence electrons. The number of aromatic nitrogens is 1. The third-order valence-corrected chi connectivity index (χ3v) is 2.72. The summed E-state index contributed by atoms with van der Waals surface area (Å²) in [5, 5.41) is 9.29. The first kappa shape index (κ1) is 15.3. The summed E-state index contributed by atoms with van der Waals surface area (Å²) >= 11 is 5.90. The van der Waals surface area contributed by atoms with Crippen LogP contribution in [0.3, 0.4) is 0 Å². The summed E-state index contributed by atoms with van der Waals surface area (Å²) in [4.78, 5) is 24.3. The molecule has 0 fully saturated rings. The lowest BCUT2D eigenvalue weighted by atomic mass is 10.3. The number of aliphatic carboxylic acids is 1. The summed E-state index contributed by atoms with van der Waals surface area (Å²) in [6, 6.07) is 1.55. The Hall–Kier alpha value is -1.75. The van der Waals surface area contributed by atoms with Gasteiger partial charge in [0.1, 0.15) is 12.2 Å². The Morgan fingerprint density at radius 3 is 2.79 bits per heavy atom. The molecule has 0 spiro atoms. The minimum Gasteiger partial charge on any atom is -0.480 e. The van der Waals surface area contributed by atoms with E-state index in [9.17, 15) is 9.59 Å². The van der Waals surface area contributed by atoms with Gasteiger partial charge < -0.3 is 14.6 Å². The zero-order chi connectivity index (χ0) is 14.4. The fourth-order valence-corrected chi connectivity index (χ4v) is 2.00. The number of nitrogens with zero attached hydrogens (tertiary/aromatic N) is 2. The zero-order valence-corrected chi connectivity index (χ0v) is 11.6. The van der Waals surface area contributed by atoms with Crippen LogP contribution in [-0.4, -0.2) is 39.5 Å². The lowest BCUT2D eigenvalue weighted by molar-refractivity contribution is -0.137. The Morgan fingerprint density at radius 2 is 2.26 bits per heavy atom. The molecule has 0 bridgehead atoms. The Balaban J connectivity index is 3.00. The van der Waals surface area contributed by atoms with Crippen LogP contribution in [0, 0.1) is 0 Å². The summed E-state index contributed by atoms with van der Waals surface area (Å²) in [5.74, 6) is -1.42. The van der Waals surface area contributed by atoms with Crippen LogP contribution in [0.1, 0.15) is 23.8 Å². The van der Waals surface area contributed by atoms with Crippen molar-refractivity contribution in [2.75, 3.05) is 13.1 Å². The molecule has 0 saturated heterocycles. The van der Waals surface area contributed by atoms with E-state index in [1.807, 2.05) is 6.92 Å². The van der Waals surface area contributed by atoms with Crippen molar-refractivity contribution in [3.8, 4) is 0 Å². The molecule has 5 nitrogen and oxygen atoms in total. The molecular formula is C13H17ClN2O3. The van der Waals surface area contributed by atoms with Crippen LogP contribution in [0.4, 0.5) is 0 Å². The molecule has 1 aromatic rings. The first-order valence-electron chi connectivity index (χ1n) is 5.97. The molecule has 1 N–H and O–H groups in total. The van der Waals surface area contributed by atoms with Gasteiger partial charge in [-0.3, -0.25) is 9.59 Å². The number of amides is 1. The van der Waals surface area contributed by atoms with Gasteiger partial charge in [0.05, 0.1) is 5.02 Å². The van der Waals surface area contributed by atoms with E-state index in [1.165, 1.54) is 11.0 Å². The van der Waals surface area contributed by atoms with E-state index in [0.717, 1.165) is 6.42 Å². The molecule has 0 unspecified atom stereocenters. The topological polar surface area (TPSA) is 62.5 Å². The minimum absolute atomic E-state index is 0.181. The number of halogens is 1. The molecule has 0 saturated carbocycles. The molecule has 19 heavy (non-hydrogen) atoms. The van der Waals surface area contributed by atoms with Gasteiger partial charge in [-0.15, -0.1) is 6.58 Å². The maximum atomic E-state index is 12.3. The van der Waals surface area contributed by atoms with Gasteiger partial charge in [-0.05, 0) is 12.5 Å². The average molecular weight is 285 g/mol. The van der Waals surface area contributed by atoms with Gasteiger partial charge in [0.25, 0.3) is 5.91 Å². The van der Waals surface area contributed by atoms with Crippen molar-refractivity contribution in [1.82, 2.24) is 9.47 Å². The van der Waals surface area contributed by atoms with E-state index in [1.54, 1.807) is 16.8 Å². The molecule has 1 amide bonds. The van der Waals surface area contributed by atoms with E-state index in [0.29, 0.717) is 17.3 Å². The molecule has 1 heterocycles. The highest BCUT2D eigenvalue weighted by molar-refractivity contribution is 6.31. The smallest absolute Gasteiger partial charge is 0.323 e. The van der Waals surface area contributed by atoms with Crippen molar-refractivity contribution in [1.29, 1.82) is 0 Å². The summed E-state index contributed by atoms with van der Waals surface area (Å²) in [7, 11) is 0. The molecule has 0 aliphatic carbocycles. The second-order valence-electron chi connectivity index (χ2n) is 4.11. The van der Waals surface area contributed by atoms with Crippen LogP contribution in [0.5, 0.6) is 0 Å². The van der Waals surface area contributed by atoms with Gasteiger partial charge >= 0.3 is 5.97 Å². The second-order valence-corrected chi connectivity index (χ2v) is 4.54. The van der Waals surface area contributed by atoms with E-state index >= 15 is 0 Å². The van der Waals surface area contributed by atoms with Crippen molar-refractivity contribution < 1.29 is 14.7 Å². The van der Waals surface area contributed by atoms with Crippen LogP contribution in [0.25, 0.3) is 0 Å². The SMILES string of the molecule is C=CCN(CC(=O)O)C(=O)c1cc(Cl)cn1CCC. The second kappa shape index (κ2) is 6.99. The van der Waals surface area contributed by atoms with Gasteiger partial charge in [-0.25, -0.2) is 0 Å². The standard InChI is InChI=1S/C13H17ClN2O3/c1-3-5-15-8-10(14)7-11(15)13(19)16(6-4-2)9-12(17)18/h4,7-8H,2-3,5-6,9H2,1H3,(H,17,18). The molecule has 6 heteroatoms. The molecule has 0 aromatic carbocycles. The summed E-state index contributed by atoms with van der Waals surface area (Å²) < 4.78 is 1.74. The Kier molecular flexibility index (Phi) is 5.63. The van der Waals surface area contributed by atoms with Crippen molar-refractivity contribution >= 4 is 23.5 Å². The average Bonchev–Trinajstić information content (AvgIpc) is 2.69. The Bertz CT molecular complexity index is 482. The van der Waals surface area contributed by atoms with E-state index in [-0.39, 0.29) is 19.0 Å². The van der Waals surface area contributed by atoms with E-state index in [2.05, 4.69) is 6.58 Å². The summed E-state index contributed by atoms with van der Waals surface area (Å²) in [6.07, 6.45) is 4.02. The maximum Gasteiger partial charge on any atom is 0.323 e. The maximum absolute atomic E-state index is 12.3. The first-order valence-corrected chi connectivity index (χ1v) is 6.35. The third kappa shape index (κ3) is 4.13. The van der Waals surface area contributed by atoms with Gasteiger partial charge in [-0.1, -0.05) is 24.6 Å². The first-order chi connectivity index (χ1) is 8.99. The normalized spacial score (nSPS) is 10.2. The number of carboxylic acid groups (broad SMARTS) is 1. The predicted octanol–water partition coefficient (Wildman–Crippen LogP) is 2.26. The van der Waals surface area contributed by atoms with Crippen LogP contribution >= 0.6 is 11.6 Å². The largest absolute Gasteiger partial charge is 0.480 e. The van der Waals surface area contributed by atoms with E-state index < -0.39 is 5.97 Å². The number of hydrogen-bond acceptors (Lipinski definition) is 2. The summed E-state index contributed by atoms with van der Waals surface area (Å²) in [5.41, 5.74) is 0.398. The molecular weight excluding hydrogens is 268 g/mol. The number of aryl methyl sites for hydroxylation is 1. The van der Waals surface area contributed by atoms with Crippen LogP contribution < -0.4 is 0 Å². The Labute approximate surface area is 117 Å². The highest BCUT2D eigenvalue weighted by Crippen LogP contribution is 2.16. The van der Waals surface area contributed by atoms with Crippen molar-refractivity contribution in [2.24, 2.45) is 0 Å². The fraction of sp³-hybridized carbons (Fsp3) is 0.385. The molecule has 0 aliphatic rings. The zero-order valence-electron chi connectivity index (χ0n) is 10.8. The van der Waals surface area contributed by atoms with Crippen molar-refractivity contribution in [3.63, 3.8) is 0 Å². The van der Waals surface area contributed by atoms with Gasteiger partial charge in [0, 0.05) is 19.3 Å². The number of hydrogen-bond donors (Lipinski definition) is 1. The van der Waals surface area contributed by atoms with Gasteiger partial charge in [-0.2, -0.15) is 0 Å².